The van der Waals surface area contributed by atoms with E-state index in [1.165, 1.54) is 17.0 Å². The Morgan fingerprint density at radius 1 is 1.14 bits per heavy atom. The minimum absolute atomic E-state index is 0.0532. The van der Waals surface area contributed by atoms with Crippen LogP contribution in [0.25, 0.3) is 11.0 Å². The minimum atomic E-state index is -0.699. The lowest BCUT2D eigenvalue weighted by Gasteiger charge is -2.25. The van der Waals surface area contributed by atoms with E-state index >= 15 is 0 Å². The van der Waals surface area contributed by atoms with Crippen LogP contribution in [0.2, 0.25) is 0 Å². The molecule has 0 N–H and O–H groups in total. The first-order chi connectivity index (χ1) is 13.6. The number of carbonyl (C=O) groups excluding carboxylic acids is 1. The molecule has 0 unspecified atom stereocenters. The van der Waals surface area contributed by atoms with Crippen LogP contribution in [-0.2, 0) is 11.3 Å². The standard InChI is InChI=1S/C22H20FNO4/c23-19-9-3-1-7-16(19)13-24(14-17-8-5-11-27-17)21(25)18-12-15-6-2-4-10-20(15)28-22(18)26/h1-4,6-7,9-10,12,17H,5,8,11,13-14H2/t17-/m1/s1. The molecule has 2 aromatic carbocycles. The van der Waals surface area contributed by atoms with E-state index in [1.807, 2.05) is 0 Å². The second kappa shape index (κ2) is 7.94. The van der Waals surface area contributed by atoms with Crippen molar-refractivity contribution >= 4 is 16.9 Å². The van der Waals surface area contributed by atoms with E-state index in [9.17, 15) is 14.0 Å². The van der Waals surface area contributed by atoms with Gasteiger partial charge in [-0.2, -0.15) is 0 Å². The fourth-order valence-electron chi connectivity index (χ4n) is 3.47. The Morgan fingerprint density at radius 2 is 1.93 bits per heavy atom. The van der Waals surface area contributed by atoms with Crippen molar-refractivity contribution in [3.05, 3.63) is 82.0 Å². The molecule has 1 amide bonds. The van der Waals surface area contributed by atoms with Crippen molar-refractivity contribution in [3.63, 3.8) is 0 Å². The molecule has 0 radical (unpaired) electrons. The molecule has 6 heteroatoms. The molecule has 5 nitrogen and oxygen atoms in total. The van der Waals surface area contributed by atoms with Crippen molar-refractivity contribution in [3.8, 4) is 0 Å². The zero-order valence-electron chi connectivity index (χ0n) is 15.3. The lowest BCUT2D eigenvalue weighted by molar-refractivity contribution is 0.0502. The summed E-state index contributed by atoms with van der Waals surface area (Å²) in [5.74, 6) is -0.878. The van der Waals surface area contributed by atoms with Gasteiger partial charge in [0.2, 0.25) is 0 Å². The summed E-state index contributed by atoms with van der Waals surface area (Å²) in [6.45, 7) is 0.988. The van der Waals surface area contributed by atoms with Gasteiger partial charge in [0.15, 0.2) is 0 Å². The number of halogens is 1. The highest BCUT2D eigenvalue weighted by molar-refractivity contribution is 5.96. The Kier molecular flexibility index (Phi) is 5.21. The summed E-state index contributed by atoms with van der Waals surface area (Å²) in [5, 5.41) is 0.661. The third-order valence-electron chi connectivity index (χ3n) is 4.93. The topological polar surface area (TPSA) is 59.8 Å². The molecular formula is C22H20FNO4. The summed E-state index contributed by atoms with van der Waals surface area (Å²) in [4.78, 5) is 27.1. The summed E-state index contributed by atoms with van der Waals surface area (Å²) < 4.78 is 25.1. The molecule has 1 saturated heterocycles. The molecule has 1 atom stereocenters. The molecule has 0 spiro atoms. The van der Waals surface area contributed by atoms with Gasteiger partial charge in [-0.1, -0.05) is 36.4 Å². The van der Waals surface area contributed by atoms with Gasteiger partial charge in [0.1, 0.15) is 17.0 Å². The Morgan fingerprint density at radius 3 is 2.71 bits per heavy atom. The Balaban J connectivity index is 1.68. The maximum Gasteiger partial charge on any atom is 0.349 e. The number of rotatable bonds is 5. The van der Waals surface area contributed by atoms with Crippen LogP contribution in [0.15, 0.2) is 63.8 Å². The number of hydrogen-bond acceptors (Lipinski definition) is 4. The molecule has 1 aromatic heterocycles. The number of hydrogen-bond donors (Lipinski definition) is 0. The number of benzene rings is 2. The number of nitrogens with zero attached hydrogens (tertiary/aromatic N) is 1. The smallest absolute Gasteiger partial charge is 0.349 e. The maximum absolute atomic E-state index is 14.2. The lowest BCUT2D eigenvalue weighted by atomic mass is 10.1. The average Bonchev–Trinajstić information content (AvgIpc) is 3.21. The average molecular weight is 381 g/mol. The quantitative estimate of drug-likeness (QED) is 0.632. The molecule has 3 aromatic rings. The van der Waals surface area contributed by atoms with Crippen molar-refractivity contribution in [2.24, 2.45) is 0 Å². The van der Waals surface area contributed by atoms with Crippen molar-refractivity contribution in [2.45, 2.75) is 25.5 Å². The molecule has 1 aliphatic heterocycles. The van der Waals surface area contributed by atoms with Crippen LogP contribution in [0.4, 0.5) is 4.39 Å². The normalized spacial score (nSPS) is 16.4. The molecule has 4 rings (SSSR count). The highest BCUT2D eigenvalue weighted by Crippen LogP contribution is 2.19. The third kappa shape index (κ3) is 3.82. The van der Waals surface area contributed by atoms with Crippen LogP contribution < -0.4 is 5.63 Å². The van der Waals surface area contributed by atoms with Crippen molar-refractivity contribution in [2.75, 3.05) is 13.2 Å². The van der Waals surface area contributed by atoms with Gasteiger partial charge in [0.05, 0.1) is 6.10 Å². The van der Waals surface area contributed by atoms with Crippen LogP contribution in [0.5, 0.6) is 0 Å². The van der Waals surface area contributed by atoms with Gasteiger partial charge in [-0.15, -0.1) is 0 Å². The van der Waals surface area contributed by atoms with Gasteiger partial charge in [0, 0.05) is 30.6 Å². The molecule has 1 aliphatic rings. The van der Waals surface area contributed by atoms with Gasteiger partial charge < -0.3 is 14.1 Å². The van der Waals surface area contributed by atoms with E-state index < -0.39 is 17.3 Å². The first kappa shape index (κ1) is 18.4. The fourth-order valence-corrected chi connectivity index (χ4v) is 3.47. The van der Waals surface area contributed by atoms with Crippen LogP contribution >= 0.6 is 0 Å². The van der Waals surface area contributed by atoms with Crippen molar-refractivity contribution in [1.82, 2.24) is 4.90 Å². The second-order valence-corrected chi connectivity index (χ2v) is 6.90. The first-order valence-corrected chi connectivity index (χ1v) is 9.29. The Bertz CT molecular complexity index is 1060. The minimum Gasteiger partial charge on any atom is -0.422 e. The SMILES string of the molecule is O=C(c1cc2ccccc2oc1=O)N(Cc1ccccc1F)C[C@H]1CCCO1. The third-order valence-corrected chi connectivity index (χ3v) is 4.93. The second-order valence-electron chi connectivity index (χ2n) is 6.90. The number of para-hydroxylation sites is 1. The van der Waals surface area contributed by atoms with Gasteiger partial charge in [-0.05, 0) is 31.0 Å². The highest BCUT2D eigenvalue weighted by Gasteiger charge is 2.26. The summed E-state index contributed by atoms with van der Waals surface area (Å²) in [7, 11) is 0. The van der Waals surface area contributed by atoms with Gasteiger partial charge in [-0.25, -0.2) is 9.18 Å². The van der Waals surface area contributed by atoms with E-state index in [0.717, 1.165) is 12.8 Å². The monoisotopic (exact) mass is 381 g/mol. The molecule has 0 aliphatic carbocycles. The molecule has 0 saturated carbocycles. The van der Waals surface area contributed by atoms with Crippen LogP contribution in [0, 0.1) is 5.82 Å². The predicted molar refractivity (Wildman–Crippen MR) is 103 cm³/mol. The highest BCUT2D eigenvalue weighted by atomic mass is 19.1. The van der Waals surface area contributed by atoms with Crippen LogP contribution in [0.1, 0.15) is 28.8 Å². The summed E-state index contributed by atoms with van der Waals surface area (Å²) in [6.07, 6.45) is 1.63. The van der Waals surface area contributed by atoms with E-state index in [1.54, 1.807) is 42.5 Å². The molecule has 1 fully saturated rings. The van der Waals surface area contributed by atoms with Crippen LogP contribution in [-0.4, -0.2) is 30.1 Å². The molecule has 2 heterocycles. The first-order valence-electron chi connectivity index (χ1n) is 9.29. The maximum atomic E-state index is 14.2. The number of carbonyl (C=O) groups is 1. The van der Waals surface area contributed by atoms with E-state index in [-0.39, 0.29) is 18.2 Å². The lowest BCUT2D eigenvalue weighted by Crippen LogP contribution is -2.39. The van der Waals surface area contributed by atoms with Crippen molar-refractivity contribution in [1.29, 1.82) is 0 Å². The summed E-state index contributed by atoms with van der Waals surface area (Å²) >= 11 is 0. The van der Waals surface area contributed by atoms with Crippen LogP contribution in [0.3, 0.4) is 0 Å². The van der Waals surface area contributed by atoms with Gasteiger partial charge >= 0.3 is 5.63 Å². The van der Waals surface area contributed by atoms with E-state index in [2.05, 4.69) is 0 Å². The number of ether oxygens (including phenoxy) is 1. The van der Waals surface area contributed by atoms with E-state index in [4.69, 9.17) is 9.15 Å². The zero-order chi connectivity index (χ0) is 19.5. The zero-order valence-corrected chi connectivity index (χ0v) is 15.3. The largest absolute Gasteiger partial charge is 0.422 e. The predicted octanol–water partition coefficient (Wildman–Crippen LogP) is 3.75. The molecule has 0 bridgehead atoms. The fraction of sp³-hybridized carbons (Fsp3) is 0.273. The Hall–Kier alpha value is -2.99. The molecular weight excluding hydrogens is 361 g/mol. The number of amides is 1. The summed E-state index contributed by atoms with van der Waals surface area (Å²) in [5.41, 5.74) is 0.0467. The molecule has 28 heavy (non-hydrogen) atoms. The van der Waals surface area contributed by atoms with Gasteiger partial charge in [0.25, 0.3) is 5.91 Å². The summed E-state index contributed by atoms with van der Waals surface area (Å²) in [6, 6.07) is 14.9. The van der Waals surface area contributed by atoms with Crippen molar-refractivity contribution < 1.29 is 18.3 Å². The molecule has 144 valence electrons. The number of fused-ring (bicyclic) bond motifs is 1. The van der Waals surface area contributed by atoms with E-state index in [0.29, 0.717) is 29.7 Å². The van der Waals surface area contributed by atoms with Gasteiger partial charge in [-0.3, -0.25) is 4.79 Å². The Labute approximate surface area is 161 Å².